The van der Waals surface area contributed by atoms with Crippen molar-refractivity contribution in [2.45, 2.75) is 13.3 Å². The summed E-state index contributed by atoms with van der Waals surface area (Å²) in [4.78, 5) is 12.9. The lowest BCUT2D eigenvalue weighted by molar-refractivity contribution is -0.117. The van der Waals surface area contributed by atoms with Gasteiger partial charge in [0, 0.05) is 48.4 Å². The van der Waals surface area contributed by atoms with Crippen LogP contribution in [0.3, 0.4) is 0 Å². The number of ketones is 1. The summed E-state index contributed by atoms with van der Waals surface area (Å²) < 4.78 is 11.0. The molecule has 1 rings (SSSR count). The van der Waals surface area contributed by atoms with Gasteiger partial charge in [-0.05, 0) is 6.92 Å². The number of rotatable bonds is 3. The van der Waals surface area contributed by atoms with E-state index < -0.39 is 10.8 Å². The van der Waals surface area contributed by atoms with Crippen molar-refractivity contribution in [2.75, 3.05) is 31.1 Å². The van der Waals surface area contributed by atoms with Gasteiger partial charge < -0.3 is 4.90 Å². The molecule has 1 heterocycles. The van der Waals surface area contributed by atoms with Gasteiger partial charge >= 0.3 is 0 Å². The maximum atomic E-state index is 11.0. The maximum absolute atomic E-state index is 11.0. The van der Waals surface area contributed by atoms with Crippen molar-refractivity contribution < 1.29 is 9.00 Å². The smallest absolute Gasteiger partial charge is 0.131 e. The number of carbonyl (C=O) groups excluding carboxylic acids is 1. The summed E-state index contributed by atoms with van der Waals surface area (Å²) in [6.45, 7) is 4.23. The third kappa shape index (κ3) is 3.45. The Kier molecular flexibility index (Phi) is 3.88. The van der Waals surface area contributed by atoms with E-state index in [9.17, 15) is 9.00 Å². The van der Waals surface area contributed by atoms with Crippen molar-refractivity contribution in [1.82, 2.24) is 4.90 Å². The van der Waals surface area contributed by atoms with E-state index in [2.05, 4.69) is 4.90 Å². The lowest BCUT2D eigenvalue weighted by Gasteiger charge is -2.25. The molecule has 0 unspecified atom stereocenters. The first-order valence-corrected chi connectivity index (χ1v) is 5.74. The molecule has 4 heteroatoms. The molecule has 1 aliphatic heterocycles. The van der Waals surface area contributed by atoms with Crippen molar-refractivity contribution in [1.29, 1.82) is 0 Å². The van der Waals surface area contributed by atoms with Crippen LogP contribution in [0.1, 0.15) is 13.3 Å². The van der Waals surface area contributed by atoms with Gasteiger partial charge in [-0.25, -0.2) is 0 Å². The minimum Gasteiger partial charge on any atom is -0.301 e. The number of hydrogen-bond donors (Lipinski definition) is 0. The van der Waals surface area contributed by atoms with Crippen molar-refractivity contribution >= 4 is 16.6 Å². The van der Waals surface area contributed by atoms with Crippen LogP contribution >= 0.6 is 0 Å². The van der Waals surface area contributed by atoms with Crippen LogP contribution in [-0.2, 0) is 15.6 Å². The molecule has 70 valence electrons. The monoisotopic (exact) mass is 189 g/mol. The molecule has 1 fully saturated rings. The van der Waals surface area contributed by atoms with Crippen molar-refractivity contribution in [2.24, 2.45) is 0 Å². The Bertz CT molecular complexity index is 183. The van der Waals surface area contributed by atoms with Gasteiger partial charge in [-0.1, -0.05) is 0 Å². The zero-order valence-corrected chi connectivity index (χ0v) is 8.23. The Labute approximate surface area is 75.6 Å². The SMILES string of the molecule is CC(=O)CCN1CCS(=O)CC1. The van der Waals surface area contributed by atoms with Gasteiger partial charge in [-0.3, -0.25) is 9.00 Å². The zero-order chi connectivity index (χ0) is 8.97. The third-order valence-corrected chi connectivity index (χ3v) is 3.33. The van der Waals surface area contributed by atoms with E-state index >= 15 is 0 Å². The molecule has 0 spiro atoms. The molecular formula is C8H15NO2S. The number of hydrogen-bond acceptors (Lipinski definition) is 3. The maximum Gasteiger partial charge on any atom is 0.131 e. The molecule has 12 heavy (non-hydrogen) atoms. The molecule has 0 aromatic rings. The van der Waals surface area contributed by atoms with Gasteiger partial charge in [0.25, 0.3) is 0 Å². The number of carbonyl (C=O) groups is 1. The zero-order valence-electron chi connectivity index (χ0n) is 7.41. The predicted octanol–water partition coefficient (Wildman–Crippen LogP) is 0.0298. The largest absolute Gasteiger partial charge is 0.301 e. The Balaban J connectivity index is 2.17. The van der Waals surface area contributed by atoms with E-state index in [1.165, 1.54) is 0 Å². The molecule has 0 aromatic carbocycles. The molecule has 0 amide bonds. The molecular weight excluding hydrogens is 174 g/mol. The fourth-order valence-corrected chi connectivity index (χ4v) is 2.34. The number of Topliss-reactive ketones (excluding diaryl/α,β-unsaturated/α-hetero) is 1. The van der Waals surface area contributed by atoms with E-state index in [0.29, 0.717) is 6.42 Å². The average Bonchev–Trinajstić information content (AvgIpc) is 2.03. The van der Waals surface area contributed by atoms with E-state index in [0.717, 1.165) is 31.1 Å². The quantitative estimate of drug-likeness (QED) is 0.628. The molecule has 0 radical (unpaired) electrons. The van der Waals surface area contributed by atoms with Gasteiger partial charge in [-0.15, -0.1) is 0 Å². The summed E-state index contributed by atoms with van der Waals surface area (Å²) in [7, 11) is -0.602. The normalized spacial score (nSPS) is 21.1. The van der Waals surface area contributed by atoms with Crippen LogP contribution in [0.2, 0.25) is 0 Å². The molecule has 1 aliphatic rings. The second-order valence-electron chi connectivity index (χ2n) is 3.14. The summed E-state index contributed by atoms with van der Waals surface area (Å²) >= 11 is 0. The van der Waals surface area contributed by atoms with Gasteiger partial charge in [0.1, 0.15) is 5.78 Å². The van der Waals surface area contributed by atoms with Crippen molar-refractivity contribution in [3.8, 4) is 0 Å². The highest BCUT2D eigenvalue weighted by Gasteiger charge is 2.14. The Morgan fingerprint density at radius 2 is 2.00 bits per heavy atom. The van der Waals surface area contributed by atoms with Crippen LogP contribution in [-0.4, -0.2) is 46.0 Å². The lowest BCUT2D eigenvalue weighted by Crippen LogP contribution is -2.38. The first kappa shape index (κ1) is 9.86. The highest BCUT2D eigenvalue weighted by molar-refractivity contribution is 7.85. The van der Waals surface area contributed by atoms with Crippen LogP contribution in [0.15, 0.2) is 0 Å². The summed E-state index contributed by atoms with van der Waals surface area (Å²) in [5, 5.41) is 0. The first-order chi connectivity index (χ1) is 5.68. The highest BCUT2D eigenvalue weighted by Crippen LogP contribution is 2.00. The number of nitrogens with zero attached hydrogens (tertiary/aromatic N) is 1. The second kappa shape index (κ2) is 4.72. The Morgan fingerprint density at radius 3 is 2.50 bits per heavy atom. The molecule has 0 aromatic heterocycles. The molecule has 0 saturated carbocycles. The average molecular weight is 189 g/mol. The van der Waals surface area contributed by atoms with Gasteiger partial charge in [0.15, 0.2) is 0 Å². The van der Waals surface area contributed by atoms with Crippen molar-refractivity contribution in [3.63, 3.8) is 0 Å². The minimum absolute atomic E-state index is 0.238. The van der Waals surface area contributed by atoms with E-state index in [1.807, 2.05) is 0 Å². The Hall–Kier alpha value is -0.220. The molecule has 0 N–H and O–H groups in total. The summed E-state index contributed by atoms with van der Waals surface area (Å²) in [6, 6.07) is 0. The standard InChI is InChI=1S/C8H15NO2S/c1-8(10)2-3-9-4-6-12(11)7-5-9/h2-7H2,1H3. The fourth-order valence-electron chi connectivity index (χ4n) is 1.21. The van der Waals surface area contributed by atoms with Gasteiger partial charge in [0.05, 0.1) is 0 Å². The highest BCUT2D eigenvalue weighted by atomic mass is 32.2. The topological polar surface area (TPSA) is 37.4 Å². The summed E-state index contributed by atoms with van der Waals surface area (Å²) in [6.07, 6.45) is 0.632. The predicted molar refractivity (Wildman–Crippen MR) is 49.6 cm³/mol. The van der Waals surface area contributed by atoms with Gasteiger partial charge in [-0.2, -0.15) is 0 Å². The molecule has 3 nitrogen and oxygen atoms in total. The first-order valence-electron chi connectivity index (χ1n) is 4.25. The van der Waals surface area contributed by atoms with Crippen LogP contribution in [0.5, 0.6) is 0 Å². The van der Waals surface area contributed by atoms with Crippen LogP contribution in [0.25, 0.3) is 0 Å². The van der Waals surface area contributed by atoms with Gasteiger partial charge in [0.2, 0.25) is 0 Å². The van der Waals surface area contributed by atoms with E-state index in [4.69, 9.17) is 0 Å². The Morgan fingerprint density at radius 1 is 1.42 bits per heavy atom. The van der Waals surface area contributed by atoms with Crippen LogP contribution in [0.4, 0.5) is 0 Å². The van der Waals surface area contributed by atoms with Crippen LogP contribution in [0, 0.1) is 0 Å². The van der Waals surface area contributed by atoms with Crippen molar-refractivity contribution in [3.05, 3.63) is 0 Å². The molecule has 0 bridgehead atoms. The molecule has 1 saturated heterocycles. The second-order valence-corrected chi connectivity index (χ2v) is 4.84. The van der Waals surface area contributed by atoms with E-state index in [1.54, 1.807) is 6.92 Å². The molecule has 0 aliphatic carbocycles. The lowest BCUT2D eigenvalue weighted by atomic mass is 10.3. The van der Waals surface area contributed by atoms with Crippen LogP contribution < -0.4 is 0 Å². The fraction of sp³-hybridized carbons (Fsp3) is 0.875. The third-order valence-electron chi connectivity index (χ3n) is 2.05. The van der Waals surface area contributed by atoms with E-state index in [-0.39, 0.29) is 5.78 Å². The molecule has 0 atom stereocenters. The summed E-state index contributed by atoms with van der Waals surface area (Å²) in [5.41, 5.74) is 0. The summed E-state index contributed by atoms with van der Waals surface area (Å²) in [5.74, 6) is 1.79. The minimum atomic E-state index is -0.602.